The Kier molecular flexibility index (Phi) is 11.9. The molecular formula is C44H53FN2O3. The summed E-state index contributed by atoms with van der Waals surface area (Å²) in [5.41, 5.74) is 6.49. The van der Waals surface area contributed by atoms with Crippen LogP contribution < -0.4 is 14.8 Å². The Bertz CT molecular complexity index is 1640. The Hall–Kier alpha value is -4.16. The van der Waals surface area contributed by atoms with Gasteiger partial charge >= 0.3 is 0 Å². The monoisotopic (exact) mass is 676 g/mol. The molecule has 4 aromatic carbocycles. The van der Waals surface area contributed by atoms with Gasteiger partial charge in [0.1, 0.15) is 5.82 Å². The second-order valence-electron chi connectivity index (χ2n) is 14.3. The number of carbonyl (C=O) groups excluding carboxylic acids is 1. The molecule has 1 N–H and O–H groups in total. The highest BCUT2D eigenvalue weighted by molar-refractivity contribution is 5.76. The van der Waals surface area contributed by atoms with Gasteiger partial charge < -0.3 is 14.8 Å². The Morgan fingerprint density at radius 1 is 0.820 bits per heavy atom. The van der Waals surface area contributed by atoms with Gasteiger partial charge in [-0.2, -0.15) is 0 Å². The number of fused-ring (bicyclic) bond motifs is 1. The fraction of sp³-hybridized carbons (Fsp3) is 0.432. The summed E-state index contributed by atoms with van der Waals surface area (Å²) in [5.74, 6) is 1.44. The Labute approximate surface area is 298 Å². The molecule has 1 amide bonds. The molecule has 1 saturated heterocycles. The number of carbonyl (C=O) groups is 1. The zero-order valence-electron chi connectivity index (χ0n) is 29.9. The van der Waals surface area contributed by atoms with Gasteiger partial charge in [0.25, 0.3) is 0 Å². The zero-order chi connectivity index (χ0) is 34.8. The molecule has 1 aliphatic heterocycles. The SMILES string of the molecule is COc1cc2c(cc1OC)CC1(CCCCN1CCCC(CCCNC(=O)CCc1ccc(F)cc1)(c1ccccc1)c1ccccc1)CC2. The van der Waals surface area contributed by atoms with Crippen molar-refractivity contribution in [3.05, 3.63) is 131 Å². The number of ether oxygens (including phenoxy) is 2. The van der Waals surface area contributed by atoms with Crippen LogP contribution >= 0.6 is 0 Å². The molecule has 0 aromatic heterocycles. The molecule has 6 rings (SSSR count). The van der Waals surface area contributed by atoms with Gasteiger partial charge in [0.05, 0.1) is 14.2 Å². The third-order valence-electron chi connectivity index (χ3n) is 11.4. The molecule has 1 aliphatic carbocycles. The molecule has 2 aliphatic rings. The molecule has 1 atom stereocenters. The van der Waals surface area contributed by atoms with Crippen molar-refractivity contribution in [2.75, 3.05) is 33.9 Å². The average Bonchev–Trinajstić information content (AvgIpc) is 3.16. The van der Waals surface area contributed by atoms with Crippen molar-refractivity contribution in [3.8, 4) is 11.5 Å². The van der Waals surface area contributed by atoms with Crippen molar-refractivity contribution < 1.29 is 18.7 Å². The first-order chi connectivity index (χ1) is 24.4. The van der Waals surface area contributed by atoms with Crippen LogP contribution in [0.2, 0.25) is 0 Å². The van der Waals surface area contributed by atoms with E-state index in [4.69, 9.17) is 9.47 Å². The largest absolute Gasteiger partial charge is 0.493 e. The van der Waals surface area contributed by atoms with E-state index >= 15 is 0 Å². The molecule has 1 heterocycles. The highest BCUT2D eigenvalue weighted by Crippen LogP contribution is 2.45. The highest BCUT2D eigenvalue weighted by atomic mass is 19.1. The molecular weight excluding hydrogens is 623 g/mol. The minimum Gasteiger partial charge on any atom is -0.493 e. The minimum absolute atomic E-state index is 0.0415. The maximum Gasteiger partial charge on any atom is 0.220 e. The van der Waals surface area contributed by atoms with Crippen LogP contribution in [0.1, 0.15) is 85.6 Å². The van der Waals surface area contributed by atoms with Crippen molar-refractivity contribution in [2.24, 2.45) is 0 Å². The first-order valence-corrected chi connectivity index (χ1v) is 18.6. The molecule has 4 aromatic rings. The van der Waals surface area contributed by atoms with Gasteiger partial charge in [0.2, 0.25) is 5.91 Å². The number of hydrogen-bond acceptors (Lipinski definition) is 4. The Morgan fingerprint density at radius 3 is 2.12 bits per heavy atom. The van der Waals surface area contributed by atoms with Crippen LogP contribution in [0.3, 0.4) is 0 Å². The van der Waals surface area contributed by atoms with Crippen LogP contribution in [0, 0.1) is 5.82 Å². The van der Waals surface area contributed by atoms with Gasteiger partial charge in [-0.15, -0.1) is 0 Å². The number of likely N-dealkylation sites (tertiary alicyclic amines) is 1. The molecule has 1 fully saturated rings. The quantitative estimate of drug-likeness (QED) is 0.128. The lowest BCUT2D eigenvalue weighted by atomic mass is 9.68. The van der Waals surface area contributed by atoms with E-state index in [0.29, 0.717) is 19.4 Å². The van der Waals surface area contributed by atoms with E-state index in [1.54, 1.807) is 26.4 Å². The minimum atomic E-state index is -0.254. The number of amides is 1. The highest BCUT2D eigenvalue weighted by Gasteiger charge is 2.42. The summed E-state index contributed by atoms with van der Waals surface area (Å²) in [6, 6.07) is 32.8. The van der Waals surface area contributed by atoms with Gasteiger partial charge in [-0.1, -0.05) is 79.2 Å². The van der Waals surface area contributed by atoms with E-state index in [9.17, 15) is 9.18 Å². The Balaban J connectivity index is 1.15. The Morgan fingerprint density at radius 2 is 1.46 bits per heavy atom. The van der Waals surface area contributed by atoms with Gasteiger partial charge in [-0.25, -0.2) is 4.39 Å². The summed E-state index contributed by atoms with van der Waals surface area (Å²) in [7, 11) is 3.45. The van der Waals surface area contributed by atoms with Crippen LogP contribution in [-0.2, 0) is 29.5 Å². The molecule has 0 saturated carbocycles. The topological polar surface area (TPSA) is 50.8 Å². The summed E-state index contributed by atoms with van der Waals surface area (Å²) in [4.78, 5) is 15.6. The molecule has 5 nitrogen and oxygen atoms in total. The van der Waals surface area contributed by atoms with E-state index in [0.717, 1.165) is 68.7 Å². The number of methoxy groups -OCH3 is 2. The van der Waals surface area contributed by atoms with Crippen LogP contribution in [0.25, 0.3) is 0 Å². The van der Waals surface area contributed by atoms with Crippen LogP contribution in [0.15, 0.2) is 97.1 Å². The summed E-state index contributed by atoms with van der Waals surface area (Å²) >= 11 is 0. The fourth-order valence-corrected chi connectivity index (χ4v) is 8.73. The molecule has 0 radical (unpaired) electrons. The molecule has 50 heavy (non-hydrogen) atoms. The summed E-state index contributed by atoms with van der Waals surface area (Å²) < 4.78 is 24.6. The lowest BCUT2D eigenvalue weighted by Gasteiger charge is -2.50. The summed E-state index contributed by atoms with van der Waals surface area (Å²) in [5, 5.41) is 3.17. The van der Waals surface area contributed by atoms with Gasteiger partial charge in [0.15, 0.2) is 11.5 Å². The molecule has 1 spiro atoms. The second-order valence-corrected chi connectivity index (χ2v) is 14.3. The lowest BCUT2D eigenvalue weighted by Crippen LogP contribution is -2.55. The normalized spacial score (nSPS) is 17.7. The molecule has 0 bridgehead atoms. The van der Waals surface area contributed by atoms with Crippen molar-refractivity contribution in [1.29, 1.82) is 0 Å². The summed E-state index contributed by atoms with van der Waals surface area (Å²) in [6.45, 7) is 2.85. The summed E-state index contributed by atoms with van der Waals surface area (Å²) in [6.07, 6.45) is 12.0. The van der Waals surface area contributed by atoms with E-state index in [2.05, 4.69) is 83.0 Å². The van der Waals surface area contributed by atoms with Gasteiger partial charge in [0, 0.05) is 23.9 Å². The van der Waals surface area contributed by atoms with E-state index in [1.165, 1.54) is 60.1 Å². The second kappa shape index (κ2) is 16.7. The van der Waals surface area contributed by atoms with Crippen molar-refractivity contribution in [3.63, 3.8) is 0 Å². The lowest BCUT2D eigenvalue weighted by molar-refractivity contribution is -0.121. The van der Waals surface area contributed by atoms with Crippen LogP contribution in [0.4, 0.5) is 4.39 Å². The van der Waals surface area contributed by atoms with Crippen LogP contribution in [-0.4, -0.2) is 50.2 Å². The predicted octanol–water partition coefficient (Wildman–Crippen LogP) is 8.85. The van der Waals surface area contributed by atoms with Crippen molar-refractivity contribution in [1.82, 2.24) is 10.2 Å². The number of nitrogens with zero attached hydrogens (tertiary/aromatic N) is 1. The number of halogens is 1. The fourth-order valence-electron chi connectivity index (χ4n) is 8.73. The predicted molar refractivity (Wildman–Crippen MR) is 200 cm³/mol. The van der Waals surface area contributed by atoms with E-state index < -0.39 is 0 Å². The van der Waals surface area contributed by atoms with E-state index in [1.807, 2.05) is 0 Å². The zero-order valence-corrected chi connectivity index (χ0v) is 29.9. The third-order valence-corrected chi connectivity index (χ3v) is 11.4. The third kappa shape index (κ3) is 8.24. The van der Waals surface area contributed by atoms with E-state index in [-0.39, 0.29) is 22.7 Å². The number of hydrogen-bond donors (Lipinski definition) is 1. The molecule has 264 valence electrons. The van der Waals surface area contributed by atoms with Crippen LogP contribution in [0.5, 0.6) is 11.5 Å². The molecule has 6 heteroatoms. The number of aryl methyl sites for hydroxylation is 2. The maximum absolute atomic E-state index is 13.3. The van der Waals surface area contributed by atoms with Crippen molar-refractivity contribution in [2.45, 2.75) is 88.0 Å². The number of rotatable bonds is 15. The smallest absolute Gasteiger partial charge is 0.220 e. The first-order valence-electron chi connectivity index (χ1n) is 18.6. The number of nitrogens with one attached hydrogen (secondary N) is 1. The standard InChI is InChI=1S/C44H53FN2O3/c1-49-40-31-35-23-27-43(33-36(35)32-41(40)50-2)24-9-10-29-47(43)30-12-26-44(37-13-5-3-6-14-37,38-15-7-4-8-16-38)25-11-28-46-42(48)22-19-34-17-20-39(45)21-18-34/h3-8,13-18,20-21,31-32H,9-12,19,22-30,33H2,1-2H3,(H,46,48). The average molecular weight is 677 g/mol. The first kappa shape index (κ1) is 35.7. The van der Waals surface area contributed by atoms with Gasteiger partial charge in [-0.3, -0.25) is 9.69 Å². The molecule has 1 unspecified atom stereocenters. The van der Waals surface area contributed by atoms with Gasteiger partial charge in [-0.05, 0) is 129 Å². The number of benzene rings is 4. The number of piperidine rings is 1. The van der Waals surface area contributed by atoms with Crippen molar-refractivity contribution >= 4 is 5.91 Å². The maximum atomic E-state index is 13.3.